The molecule has 0 saturated carbocycles. The van der Waals surface area contributed by atoms with Gasteiger partial charge in [-0.2, -0.15) is 0 Å². The van der Waals surface area contributed by atoms with Crippen LogP contribution >= 0.6 is 0 Å². The summed E-state index contributed by atoms with van der Waals surface area (Å²) in [4.78, 5) is 0. The van der Waals surface area contributed by atoms with Crippen molar-refractivity contribution in [3.8, 4) is 12.3 Å². The van der Waals surface area contributed by atoms with Crippen LogP contribution in [-0.2, 0) is 6.42 Å². The molecule has 0 bridgehead atoms. The van der Waals surface area contributed by atoms with Crippen LogP contribution in [0.5, 0.6) is 0 Å². The highest BCUT2D eigenvalue weighted by molar-refractivity contribution is 5.82. The summed E-state index contributed by atoms with van der Waals surface area (Å²) in [5.74, 6) is 3.75. The molecule has 19 heavy (non-hydrogen) atoms. The minimum Gasteiger partial charge on any atom is -0.459 e. The molecule has 1 aromatic heterocycles. The Kier molecular flexibility index (Phi) is 3.68. The fraction of sp³-hybridized carbons (Fsp3) is 0.412. The highest BCUT2D eigenvalue weighted by Gasteiger charge is 2.23. The van der Waals surface area contributed by atoms with E-state index in [1.165, 1.54) is 10.9 Å². The van der Waals surface area contributed by atoms with E-state index in [4.69, 9.17) is 10.8 Å². The summed E-state index contributed by atoms with van der Waals surface area (Å²) >= 11 is 0. The Hall–Kier alpha value is -1.72. The van der Waals surface area contributed by atoms with Crippen molar-refractivity contribution in [1.29, 1.82) is 0 Å². The third-order valence-electron chi connectivity index (χ3n) is 3.41. The number of hydrogen-bond acceptors (Lipinski definition) is 2. The Bertz CT molecular complexity index is 616. The molecule has 1 unspecified atom stereocenters. The fourth-order valence-electron chi connectivity index (χ4n) is 2.48. The average Bonchev–Trinajstić information content (AvgIpc) is 2.76. The zero-order valence-electron chi connectivity index (χ0n) is 12.1. The largest absolute Gasteiger partial charge is 0.459 e. The van der Waals surface area contributed by atoms with Gasteiger partial charge < -0.3 is 4.42 Å². The van der Waals surface area contributed by atoms with Gasteiger partial charge >= 0.3 is 0 Å². The standard InChI is InChI=1S/C17H21NO/c1-6-13-14-10-8-9-11-15(14)19-16(13)12(3)18-17(4,5)7-2/h2,8-12,18H,6H2,1,3-5H3. The van der Waals surface area contributed by atoms with Gasteiger partial charge in [-0.05, 0) is 33.3 Å². The minimum absolute atomic E-state index is 0.0911. The van der Waals surface area contributed by atoms with Crippen molar-refractivity contribution in [1.82, 2.24) is 5.32 Å². The third-order valence-corrected chi connectivity index (χ3v) is 3.41. The van der Waals surface area contributed by atoms with Crippen molar-refractivity contribution >= 4 is 11.0 Å². The molecule has 0 radical (unpaired) electrons. The number of rotatable bonds is 4. The van der Waals surface area contributed by atoms with Gasteiger partial charge in [0.15, 0.2) is 0 Å². The summed E-state index contributed by atoms with van der Waals surface area (Å²) in [6.45, 7) is 8.24. The molecule has 0 fully saturated rings. The van der Waals surface area contributed by atoms with Crippen molar-refractivity contribution in [3.63, 3.8) is 0 Å². The van der Waals surface area contributed by atoms with Crippen LogP contribution in [-0.4, -0.2) is 5.54 Å². The average molecular weight is 255 g/mol. The summed E-state index contributed by atoms with van der Waals surface area (Å²) in [6, 6.07) is 8.26. The molecule has 100 valence electrons. The highest BCUT2D eigenvalue weighted by atomic mass is 16.3. The smallest absolute Gasteiger partial charge is 0.134 e. The Morgan fingerprint density at radius 2 is 2.05 bits per heavy atom. The summed E-state index contributed by atoms with van der Waals surface area (Å²) < 4.78 is 6.01. The van der Waals surface area contributed by atoms with Crippen molar-refractivity contribution in [3.05, 3.63) is 35.6 Å². The first-order valence-electron chi connectivity index (χ1n) is 6.74. The number of terminal acetylenes is 1. The monoisotopic (exact) mass is 255 g/mol. The Labute approximate surface area is 115 Å². The van der Waals surface area contributed by atoms with Gasteiger partial charge in [0.2, 0.25) is 0 Å². The van der Waals surface area contributed by atoms with Crippen molar-refractivity contribution in [2.45, 2.75) is 45.7 Å². The zero-order chi connectivity index (χ0) is 14.0. The molecule has 1 atom stereocenters. The zero-order valence-corrected chi connectivity index (χ0v) is 12.1. The van der Waals surface area contributed by atoms with Crippen molar-refractivity contribution in [2.75, 3.05) is 0 Å². The van der Waals surface area contributed by atoms with Gasteiger partial charge in [0.1, 0.15) is 11.3 Å². The quantitative estimate of drug-likeness (QED) is 0.833. The predicted molar refractivity (Wildman–Crippen MR) is 80.1 cm³/mol. The molecular weight excluding hydrogens is 234 g/mol. The van der Waals surface area contributed by atoms with Crippen LogP contribution in [0, 0.1) is 12.3 Å². The first-order chi connectivity index (χ1) is 8.98. The van der Waals surface area contributed by atoms with E-state index in [0.29, 0.717) is 0 Å². The van der Waals surface area contributed by atoms with Gasteiger partial charge in [-0.3, -0.25) is 5.32 Å². The molecule has 1 N–H and O–H groups in total. The van der Waals surface area contributed by atoms with E-state index in [2.05, 4.69) is 31.2 Å². The number of fused-ring (bicyclic) bond motifs is 1. The lowest BCUT2D eigenvalue weighted by molar-refractivity contribution is 0.378. The normalized spacial score (nSPS) is 13.4. The highest BCUT2D eigenvalue weighted by Crippen LogP contribution is 2.31. The molecule has 2 heteroatoms. The molecule has 1 aromatic carbocycles. The van der Waals surface area contributed by atoms with E-state index in [1.54, 1.807) is 0 Å². The summed E-state index contributed by atoms with van der Waals surface area (Å²) in [7, 11) is 0. The second-order valence-corrected chi connectivity index (χ2v) is 5.43. The molecule has 0 amide bonds. The van der Waals surface area contributed by atoms with E-state index in [0.717, 1.165) is 17.8 Å². The maximum atomic E-state index is 6.01. The number of hydrogen-bond donors (Lipinski definition) is 1. The van der Waals surface area contributed by atoms with Gasteiger partial charge in [-0.25, -0.2) is 0 Å². The fourth-order valence-corrected chi connectivity index (χ4v) is 2.48. The van der Waals surface area contributed by atoms with E-state index >= 15 is 0 Å². The molecule has 0 aliphatic rings. The van der Waals surface area contributed by atoms with Crippen LogP contribution < -0.4 is 5.32 Å². The second-order valence-electron chi connectivity index (χ2n) is 5.43. The maximum absolute atomic E-state index is 6.01. The molecule has 0 aliphatic heterocycles. The molecule has 2 nitrogen and oxygen atoms in total. The number of aryl methyl sites for hydroxylation is 1. The van der Waals surface area contributed by atoms with Crippen LogP contribution in [0.15, 0.2) is 28.7 Å². The van der Waals surface area contributed by atoms with Gasteiger partial charge in [0.25, 0.3) is 0 Å². The van der Waals surface area contributed by atoms with Gasteiger partial charge in [-0.15, -0.1) is 6.42 Å². The number of benzene rings is 1. The van der Waals surface area contributed by atoms with E-state index in [-0.39, 0.29) is 11.6 Å². The molecule has 2 rings (SSSR count). The molecule has 0 saturated heterocycles. The number of nitrogens with one attached hydrogen (secondary N) is 1. The lowest BCUT2D eigenvalue weighted by Gasteiger charge is -2.24. The van der Waals surface area contributed by atoms with Gasteiger partial charge in [0.05, 0.1) is 11.6 Å². The molecular formula is C17H21NO. The Morgan fingerprint density at radius 1 is 1.37 bits per heavy atom. The summed E-state index contributed by atoms with van der Waals surface area (Å²) in [5, 5.41) is 4.63. The minimum atomic E-state index is -0.344. The van der Waals surface area contributed by atoms with E-state index in [9.17, 15) is 0 Å². The predicted octanol–water partition coefficient (Wildman–Crippen LogP) is 4.06. The topological polar surface area (TPSA) is 25.2 Å². The van der Waals surface area contributed by atoms with Crippen LogP contribution in [0.4, 0.5) is 0 Å². The van der Waals surface area contributed by atoms with Crippen LogP contribution in [0.2, 0.25) is 0 Å². The first kappa shape index (κ1) is 13.7. The molecule has 2 aromatic rings. The Balaban J connectivity index is 2.42. The maximum Gasteiger partial charge on any atom is 0.134 e. The SMILES string of the molecule is C#CC(C)(C)NC(C)c1oc2ccccc2c1CC. The first-order valence-corrected chi connectivity index (χ1v) is 6.74. The number of para-hydroxylation sites is 1. The van der Waals surface area contributed by atoms with Crippen molar-refractivity contribution < 1.29 is 4.42 Å². The van der Waals surface area contributed by atoms with Gasteiger partial charge in [-0.1, -0.05) is 31.0 Å². The van der Waals surface area contributed by atoms with Crippen molar-refractivity contribution in [2.24, 2.45) is 0 Å². The molecule has 1 heterocycles. The lowest BCUT2D eigenvalue weighted by Crippen LogP contribution is -2.39. The Morgan fingerprint density at radius 3 is 2.68 bits per heavy atom. The summed E-state index contributed by atoms with van der Waals surface area (Å²) in [6.07, 6.45) is 6.49. The van der Waals surface area contributed by atoms with Crippen LogP contribution in [0.25, 0.3) is 11.0 Å². The third kappa shape index (κ3) is 2.67. The number of furan rings is 1. The lowest BCUT2D eigenvalue weighted by atomic mass is 10.0. The van der Waals surface area contributed by atoms with Crippen LogP contribution in [0.1, 0.15) is 45.1 Å². The van der Waals surface area contributed by atoms with Crippen LogP contribution in [0.3, 0.4) is 0 Å². The molecule has 0 spiro atoms. The van der Waals surface area contributed by atoms with E-state index in [1.807, 2.05) is 32.0 Å². The molecule has 0 aliphatic carbocycles. The van der Waals surface area contributed by atoms with E-state index < -0.39 is 0 Å². The summed E-state index contributed by atoms with van der Waals surface area (Å²) in [5.41, 5.74) is 1.87. The second kappa shape index (κ2) is 5.11. The van der Waals surface area contributed by atoms with Gasteiger partial charge in [0, 0.05) is 10.9 Å².